The van der Waals surface area contributed by atoms with E-state index in [-0.39, 0.29) is 5.69 Å². The smallest absolute Gasteiger partial charge is 0.352 e. The summed E-state index contributed by atoms with van der Waals surface area (Å²) in [6.07, 6.45) is 3.38. The molecule has 0 aliphatic heterocycles. The van der Waals surface area contributed by atoms with Gasteiger partial charge in [-0.1, -0.05) is 26.0 Å². The molecule has 3 heterocycles. The Bertz CT molecular complexity index is 1130. The Hall–Kier alpha value is -3.41. The van der Waals surface area contributed by atoms with Gasteiger partial charge < -0.3 is 15.4 Å². The maximum absolute atomic E-state index is 11.4. The molecule has 1 aromatic carbocycles. The van der Waals surface area contributed by atoms with Crippen molar-refractivity contribution in [2.75, 3.05) is 5.32 Å². The van der Waals surface area contributed by atoms with E-state index in [1.54, 1.807) is 18.5 Å². The molecule has 4 rings (SSSR count). The van der Waals surface area contributed by atoms with Crippen LogP contribution in [0.4, 0.5) is 11.5 Å². The molecule has 26 heavy (non-hydrogen) atoms. The molecule has 0 unspecified atom stereocenters. The molecular weight excluding hydrogens is 328 g/mol. The van der Waals surface area contributed by atoms with Crippen LogP contribution in [0, 0.1) is 0 Å². The lowest BCUT2D eigenvalue weighted by Gasteiger charge is -2.11. The van der Waals surface area contributed by atoms with Gasteiger partial charge in [-0.25, -0.2) is 9.78 Å². The standard InChI is InChI=1S/C20H18N4O2/c1-11(2)12-4-3-5-13(8-12)22-19-18-14(9-17(23-18)20(25)26)15-10-21-7-6-16(15)24-19/h3-11,23H,1-2H3,(H,22,24)(H,25,26). The molecule has 0 saturated heterocycles. The van der Waals surface area contributed by atoms with Crippen LogP contribution in [-0.2, 0) is 0 Å². The number of carboxylic acid groups (broad SMARTS) is 1. The zero-order chi connectivity index (χ0) is 18.3. The number of nitrogens with one attached hydrogen (secondary N) is 2. The van der Waals surface area contributed by atoms with Gasteiger partial charge in [0.1, 0.15) is 5.69 Å². The van der Waals surface area contributed by atoms with Gasteiger partial charge in [-0.3, -0.25) is 4.98 Å². The molecule has 0 fully saturated rings. The van der Waals surface area contributed by atoms with Crippen molar-refractivity contribution in [1.29, 1.82) is 0 Å². The Kier molecular flexibility index (Phi) is 3.80. The van der Waals surface area contributed by atoms with Gasteiger partial charge in [0.2, 0.25) is 0 Å². The third kappa shape index (κ3) is 2.75. The molecule has 0 spiro atoms. The molecule has 4 aromatic rings. The van der Waals surface area contributed by atoms with Crippen molar-refractivity contribution >= 4 is 39.3 Å². The van der Waals surface area contributed by atoms with E-state index in [1.807, 2.05) is 18.2 Å². The van der Waals surface area contributed by atoms with Crippen molar-refractivity contribution in [2.45, 2.75) is 19.8 Å². The highest BCUT2D eigenvalue weighted by atomic mass is 16.4. The molecule has 0 saturated carbocycles. The van der Waals surface area contributed by atoms with E-state index in [1.165, 1.54) is 5.56 Å². The lowest BCUT2D eigenvalue weighted by molar-refractivity contribution is 0.0691. The van der Waals surface area contributed by atoms with E-state index in [0.717, 1.165) is 22.0 Å². The van der Waals surface area contributed by atoms with Crippen LogP contribution in [0.2, 0.25) is 0 Å². The molecule has 0 radical (unpaired) electrons. The first-order chi connectivity index (χ1) is 12.5. The van der Waals surface area contributed by atoms with E-state index in [9.17, 15) is 9.90 Å². The zero-order valence-electron chi connectivity index (χ0n) is 14.4. The molecule has 6 nitrogen and oxygen atoms in total. The summed E-state index contributed by atoms with van der Waals surface area (Å²) in [5.41, 5.74) is 3.65. The van der Waals surface area contributed by atoms with Crippen LogP contribution in [0.3, 0.4) is 0 Å². The Morgan fingerprint density at radius 1 is 1.19 bits per heavy atom. The van der Waals surface area contributed by atoms with Crippen LogP contribution in [0.1, 0.15) is 35.8 Å². The summed E-state index contributed by atoms with van der Waals surface area (Å²) in [6, 6.07) is 11.6. The van der Waals surface area contributed by atoms with Gasteiger partial charge >= 0.3 is 5.97 Å². The van der Waals surface area contributed by atoms with Crippen molar-refractivity contribution in [1.82, 2.24) is 15.0 Å². The minimum Gasteiger partial charge on any atom is -0.477 e. The van der Waals surface area contributed by atoms with E-state index >= 15 is 0 Å². The number of pyridine rings is 2. The Labute approximate surface area is 149 Å². The second-order valence-electron chi connectivity index (χ2n) is 6.54. The number of carboxylic acids is 1. The quantitative estimate of drug-likeness (QED) is 0.499. The third-order valence-corrected chi connectivity index (χ3v) is 4.42. The molecule has 0 aliphatic rings. The van der Waals surface area contributed by atoms with Gasteiger partial charge in [-0.15, -0.1) is 0 Å². The highest BCUT2D eigenvalue weighted by Crippen LogP contribution is 2.31. The second kappa shape index (κ2) is 6.15. The van der Waals surface area contributed by atoms with Crippen LogP contribution >= 0.6 is 0 Å². The number of aromatic carboxylic acids is 1. The number of aromatic amines is 1. The highest BCUT2D eigenvalue weighted by molar-refractivity contribution is 6.11. The van der Waals surface area contributed by atoms with Crippen LogP contribution in [-0.4, -0.2) is 26.0 Å². The second-order valence-corrected chi connectivity index (χ2v) is 6.54. The van der Waals surface area contributed by atoms with Gasteiger partial charge in [0.15, 0.2) is 5.82 Å². The summed E-state index contributed by atoms with van der Waals surface area (Å²) in [4.78, 5) is 23.2. The predicted molar refractivity (Wildman–Crippen MR) is 102 cm³/mol. The number of anilines is 2. The summed E-state index contributed by atoms with van der Waals surface area (Å²) in [6.45, 7) is 4.28. The monoisotopic (exact) mass is 346 g/mol. The average molecular weight is 346 g/mol. The average Bonchev–Trinajstić information content (AvgIpc) is 3.08. The molecule has 130 valence electrons. The first kappa shape index (κ1) is 16.1. The van der Waals surface area contributed by atoms with E-state index in [0.29, 0.717) is 17.3 Å². The van der Waals surface area contributed by atoms with E-state index in [4.69, 9.17) is 0 Å². The van der Waals surface area contributed by atoms with Gasteiger partial charge in [0.25, 0.3) is 0 Å². The van der Waals surface area contributed by atoms with E-state index < -0.39 is 5.97 Å². The van der Waals surface area contributed by atoms with Crippen molar-refractivity contribution in [3.63, 3.8) is 0 Å². The summed E-state index contributed by atoms with van der Waals surface area (Å²) < 4.78 is 0. The molecule has 0 atom stereocenters. The molecule has 0 aliphatic carbocycles. The van der Waals surface area contributed by atoms with Crippen LogP contribution in [0.15, 0.2) is 48.8 Å². The normalized spacial score (nSPS) is 11.3. The minimum absolute atomic E-state index is 0.122. The van der Waals surface area contributed by atoms with Gasteiger partial charge in [0.05, 0.1) is 11.0 Å². The number of aromatic nitrogens is 3. The molecular formula is C20H18N4O2. The highest BCUT2D eigenvalue weighted by Gasteiger charge is 2.15. The third-order valence-electron chi connectivity index (χ3n) is 4.42. The fourth-order valence-corrected chi connectivity index (χ4v) is 3.04. The number of nitrogens with zero attached hydrogens (tertiary/aromatic N) is 2. The first-order valence-electron chi connectivity index (χ1n) is 8.39. The first-order valence-corrected chi connectivity index (χ1v) is 8.39. The number of benzene rings is 1. The predicted octanol–water partition coefficient (Wildman–Crippen LogP) is 4.68. The maximum atomic E-state index is 11.4. The molecule has 3 N–H and O–H groups in total. The number of hydrogen-bond acceptors (Lipinski definition) is 4. The number of hydrogen-bond donors (Lipinski definition) is 3. The Morgan fingerprint density at radius 3 is 2.81 bits per heavy atom. The molecule has 6 heteroatoms. The number of carbonyl (C=O) groups is 1. The van der Waals surface area contributed by atoms with Gasteiger partial charge in [-0.2, -0.15) is 0 Å². The van der Waals surface area contributed by atoms with Crippen molar-refractivity contribution in [3.8, 4) is 0 Å². The SMILES string of the molecule is CC(C)c1cccc(Nc2nc3ccncc3c3cc(C(=O)O)[nH]c23)c1. The van der Waals surface area contributed by atoms with Crippen molar-refractivity contribution in [3.05, 3.63) is 60.0 Å². The van der Waals surface area contributed by atoms with Crippen LogP contribution in [0.5, 0.6) is 0 Å². The number of H-pyrrole nitrogens is 1. The maximum Gasteiger partial charge on any atom is 0.352 e. The summed E-state index contributed by atoms with van der Waals surface area (Å²) in [5.74, 6) is -0.00499. The lowest BCUT2D eigenvalue weighted by Crippen LogP contribution is -1.98. The van der Waals surface area contributed by atoms with E-state index in [2.05, 4.69) is 46.2 Å². The largest absolute Gasteiger partial charge is 0.477 e. The Balaban J connectivity index is 1.90. The van der Waals surface area contributed by atoms with Crippen LogP contribution < -0.4 is 5.32 Å². The topological polar surface area (TPSA) is 90.9 Å². The lowest BCUT2D eigenvalue weighted by atomic mass is 10.0. The van der Waals surface area contributed by atoms with Gasteiger partial charge in [0, 0.05) is 28.9 Å². The van der Waals surface area contributed by atoms with Crippen molar-refractivity contribution < 1.29 is 9.90 Å². The summed E-state index contributed by atoms with van der Waals surface area (Å²) >= 11 is 0. The molecule has 3 aromatic heterocycles. The number of fused-ring (bicyclic) bond motifs is 3. The Morgan fingerprint density at radius 2 is 2.04 bits per heavy atom. The molecule has 0 bridgehead atoms. The summed E-state index contributed by atoms with van der Waals surface area (Å²) in [5, 5.41) is 14.3. The fraction of sp³-hybridized carbons (Fsp3) is 0.150. The van der Waals surface area contributed by atoms with Crippen molar-refractivity contribution in [2.24, 2.45) is 0 Å². The fourth-order valence-electron chi connectivity index (χ4n) is 3.04. The minimum atomic E-state index is -1.01. The number of rotatable bonds is 4. The van der Waals surface area contributed by atoms with Gasteiger partial charge in [-0.05, 0) is 35.7 Å². The molecule has 0 amide bonds. The zero-order valence-corrected chi connectivity index (χ0v) is 14.4. The summed E-state index contributed by atoms with van der Waals surface area (Å²) in [7, 11) is 0. The van der Waals surface area contributed by atoms with Crippen LogP contribution in [0.25, 0.3) is 21.8 Å².